The summed E-state index contributed by atoms with van der Waals surface area (Å²) in [4.78, 5) is 0. The Morgan fingerprint density at radius 2 is 2.19 bits per heavy atom. The molecule has 0 bridgehead atoms. The summed E-state index contributed by atoms with van der Waals surface area (Å²) in [7, 11) is 1.68. The van der Waals surface area contributed by atoms with Gasteiger partial charge in [0.05, 0.1) is 13.2 Å². The van der Waals surface area contributed by atoms with Crippen molar-refractivity contribution >= 4 is 0 Å². The molecule has 0 saturated heterocycles. The second-order valence-electron chi connectivity index (χ2n) is 3.68. The minimum Gasteiger partial charge on any atom is -0.496 e. The van der Waals surface area contributed by atoms with Crippen molar-refractivity contribution in [2.24, 2.45) is 0 Å². The van der Waals surface area contributed by atoms with E-state index in [1.54, 1.807) is 7.11 Å². The summed E-state index contributed by atoms with van der Waals surface area (Å²) >= 11 is 0. The van der Waals surface area contributed by atoms with Crippen molar-refractivity contribution < 1.29 is 4.74 Å². The molecular formula is C13H18N2O. The number of benzene rings is 1. The number of unbranched alkanes of at least 4 members (excludes halogenated alkanes) is 1. The van der Waals surface area contributed by atoms with Gasteiger partial charge in [-0.3, -0.25) is 0 Å². The average Bonchev–Trinajstić information content (AvgIpc) is 2.34. The lowest BCUT2D eigenvalue weighted by molar-refractivity contribution is 0.401. The molecule has 16 heavy (non-hydrogen) atoms. The van der Waals surface area contributed by atoms with Gasteiger partial charge in [-0.15, -0.1) is 0 Å². The predicted octanol–water partition coefficient (Wildman–Crippen LogP) is 2.65. The standard InChI is InChI=1S/C13H18N2O/c1-11(15-10-6-5-9-14)12-7-3-4-8-13(12)16-2/h3-4,7-8,11,15H,5-6,10H2,1-2H3/t11-/m1/s1. The number of nitrogens with one attached hydrogen (secondary N) is 1. The van der Waals surface area contributed by atoms with E-state index in [9.17, 15) is 0 Å². The van der Waals surface area contributed by atoms with Crippen LogP contribution in [-0.2, 0) is 0 Å². The summed E-state index contributed by atoms with van der Waals surface area (Å²) in [5, 5.41) is 11.8. The van der Waals surface area contributed by atoms with E-state index in [4.69, 9.17) is 10.00 Å². The zero-order valence-electron chi connectivity index (χ0n) is 9.86. The molecule has 1 rings (SSSR count). The first-order chi connectivity index (χ1) is 7.79. The van der Waals surface area contributed by atoms with Crippen molar-refractivity contribution in [3.63, 3.8) is 0 Å². The Bertz CT molecular complexity index is 357. The number of hydrogen-bond donors (Lipinski definition) is 1. The minimum absolute atomic E-state index is 0.245. The van der Waals surface area contributed by atoms with Gasteiger partial charge in [0.25, 0.3) is 0 Å². The Morgan fingerprint density at radius 3 is 2.88 bits per heavy atom. The largest absolute Gasteiger partial charge is 0.496 e. The van der Waals surface area contributed by atoms with Gasteiger partial charge in [-0.1, -0.05) is 18.2 Å². The summed E-state index contributed by atoms with van der Waals surface area (Å²) < 4.78 is 5.30. The second kappa shape index (κ2) is 6.86. The molecule has 1 N–H and O–H groups in total. The number of para-hydroxylation sites is 1. The summed E-state index contributed by atoms with van der Waals surface area (Å²) in [6.07, 6.45) is 1.49. The van der Waals surface area contributed by atoms with E-state index in [2.05, 4.69) is 24.4 Å². The summed E-state index contributed by atoms with van der Waals surface area (Å²) in [6.45, 7) is 2.96. The van der Waals surface area contributed by atoms with Gasteiger partial charge in [0.15, 0.2) is 0 Å². The highest BCUT2D eigenvalue weighted by Gasteiger charge is 2.09. The van der Waals surface area contributed by atoms with Crippen LogP contribution >= 0.6 is 0 Å². The molecule has 0 unspecified atom stereocenters. The van der Waals surface area contributed by atoms with Gasteiger partial charge in [-0.05, 0) is 26.0 Å². The number of methoxy groups -OCH3 is 1. The van der Waals surface area contributed by atoms with Crippen LogP contribution in [0.2, 0.25) is 0 Å². The fourth-order valence-electron chi connectivity index (χ4n) is 1.62. The second-order valence-corrected chi connectivity index (χ2v) is 3.68. The summed E-state index contributed by atoms with van der Waals surface area (Å²) in [6, 6.07) is 10.4. The van der Waals surface area contributed by atoms with Crippen molar-refractivity contribution in [3.05, 3.63) is 29.8 Å². The Balaban J connectivity index is 2.52. The van der Waals surface area contributed by atoms with Crippen molar-refractivity contribution in [1.29, 1.82) is 5.26 Å². The molecule has 0 spiro atoms. The van der Waals surface area contributed by atoms with E-state index in [-0.39, 0.29) is 6.04 Å². The van der Waals surface area contributed by atoms with Crippen LogP contribution in [0.1, 0.15) is 31.4 Å². The molecule has 3 nitrogen and oxygen atoms in total. The smallest absolute Gasteiger partial charge is 0.123 e. The maximum Gasteiger partial charge on any atom is 0.123 e. The summed E-state index contributed by atoms with van der Waals surface area (Å²) in [5.41, 5.74) is 1.15. The highest BCUT2D eigenvalue weighted by atomic mass is 16.5. The highest BCUT2D eigenvalue weighted by Crippen LogP contribution is 2.24. The molecule has 0 aliphatic carbocycles. The van der Waals surface area contributed by atoms with Crippen LogP contribution in [0.5, 0.6) is 5.75 Å². The van der Waals surface area contributed by atoms with Crippen LogP contribution in [0.15, 0.2) is 24.3 Å². The lowest BCUT2D eigenvalue weighted by atomic mass is 10.1. The van der Waals surface area contributed by atoms with Gasteiger partial charge in [-0.25, -0.2) is 0 Å². The lowest BCUT2D eigenvalue weighted by Crippen LogP contribution is -2.20. The lowest BCUT2D eigenvalue weighted by Gasteiger charge is -2.16. The van der Waals surface area contributed by atoms with Gasteiger partial charge < -0.3 is 10.1 Å². The number of ether oxygens (including phenoxy) is 1. The van der Waals surface area contributed by atoms with E-state index in [0.717, 1.165) is 24.3 Å². The molecule has 3 heteroatoms. The quantitative estimate of drug-likeness (QED) is 0.746. The predicted molar refractivity (Wildman–Crippen MR) is 64.3 cm³/mol. The van der Waals surface area contributed by atoms with Crippen LogP contribution in [0.25, 0.3) is 0 Å². The van der Waals surface area contributed by atoms with Crippen molar-refractivity contribution in [2.75, 3.05) is 13.7 Å². The molecule has 1 aromatic rings. The average molecular weight is 218 g/mol. The molecule has 0 heterocycles. The Kier molecular flexibility index (Phi) is 5.38. The van der Waals surface area contributed by atoms with Crippen LogP contribution in [0, 0.1) is 11.3 Å². The monoisotopic (exact) mass is 218 g/mol. The molecule has 0 aliphatic heterocycles. The first-order valence-corrected chi connectivity index (χ1v) is 5.53. The SMILES string of the molecule is COc1ccccc1[C@@H](C)NCCCC#N. The third kappa shape index (κ3) is 3.56. The number of rotatable bonds is 6. The molecule has 0 radical (unpaired) electrons. The Labute approximate surface area is 97.0 Å². The molecule has 0 aromatic heterocycles. The van der Waals surface area contributed by atoms with Gasteiger partial charge in [0, 0.05) is 18.0 Å². The third-order valence-corrected chi connectivity index (χ3v) is 2.52. The molecule has 0 amide bonds. The third-order valence-electron chi connectivity index (χ3n) is 2.52. The Hall–Kier alpha value is -1.53. The van der Waals surface area contributed by atoms with Gasteiger partial charge >= 0.3 is 0 Å². The highest BCUT2D eigenvalue weighted by molar-refractivity contribution is 5.35. The first kappa shape index (κ1) is 12.5. The normalized spacial score (nSPS) is 11.8. The topological polar surface area (TPSA) is 45.0 Å². The van der Waals surface area contributed by atoms with Crippen LogP contribution in [0.3, 0.4) is 0 Å². The molecule has 86 valence electrons. The maximum atomic E-state index is 8.43. The summed E-state index contributed by atoms with van der Waals surface area (Å²) in [5.74, 6) is 0.905. The van der Waals surface area contributed by atoms with Gasteiger partial charge in [0.2, 0.25) is 0 Å². The number of hydrogen-bond acceptors (Lipinski definition) is 3. The zero-order chi connectivity index (χ0) is 11.8. The van der Waals surface area contributed by atoms with Gasteiger partial charge in [-0.2, -0.15) is 5.26 Å². The number of nitrogens with zero attached hydrogens (tertiary/aromatic N) is 1. The first-order valence-electron chi connectivity index (χ1n) is 5.53. The number of nitriles is 1. The van der Waals surface area contributed by atoms with Gasteiger partial charge in [0.1, 0.15) is 5.75 Å². The van der Waals surface area contributed by atoms with Crippen molar-refractivity contribution in [2.45, 2.75) is 25.8 Å². The zero-order valence-corrected chi connectivity index (χ0v) is 9.86. The molecular weight excluding hydrogens is 200 g/mol. The van der Waals surface area contributed by atoms with Crippen molar-refractivity contribution in [1.82, 2.24) is 5.32 Å². The van der Waals surface area contributed by atoms with Crippen molar-refractivity contribution in [3.8, 4) is 11.8 Å². The fraction of sp³-hybridized carbons (Fsp3) is 0.462. The van der Waals surface area contributed by atoms with Crippen LogP contribution < -0.4 is 10.1 Å². The van der Waals surface area contributed by atoms with Crippen LogP contribution in [-0.4, -0.2) is 13.7 Å². The molecule has 1 atom stereocenters. The van der Waals surface area contributed by atoms with E-state index in [0.29, 0.717) is 6.42 Å². The molecule has 1 aromatic carbocycles. The van der Waals surface area contributed by atoms with Crippen LogP contribution in [0.4, 0.5) is 0 Å². The molecule has 0 saturated carbocycles. The van der Waals surface area contributed by atoms with E-state index in [1.807, 2.05) is 18.2 Å². The molecule has 0 fully saturated rings. The van der Waals surface area contributed by atoms with E-state index >= 15 is 0 Å². The Morgan fingerprint density at radius 1 is 1.44 bits per heavy atom. The van der Waals surface area contributed by atoms with E-state index < -0.39 is 0 Å². The minimum atomic E-state index is 0.245. The molecule has 0 aliphatic rings. The fourth-order valence-corrected chi connectivity index (χ4v) is 1.62. The van der Waals surface area contributed by atoms with E-state index in [1.165, 1.54) is 0 Å². The maximum absolute atomic E-state index is 8.43.